The van der Waals surface area contributed by atoms with Gasteiger partial charge in [-0.25, -0.2) is 17.5 Å². The highest BCUT2D eigenvalue weighted by atomic mass is 35.5. The van der Waals surface area contributed by atoms with Gasteiger partial charge in [0.15, 0.2) is 0 Å². The van der Waals surface area contributed by atoms with Crippen molar-refractivity contribution in [3.05, 3.63) is 30.1 Å². The Morgan fingerprint density at radius 3 is 2.39 bits per heavy atom. The van der Waals surface area contributed by atoms with Crippen LogP contribution in [-0.4, -0.2) is 25.7 Å². The molecule has 0 aliphatic rings. The molecule has 0 fully saturated rings. The molecule has 0 aromatic heterocycles. The summed E-state index contributed by atoms with van der Waals surface area (Å²) in [4.78, 5) is -0.143. The average Bonchev–Trinajstić information content (AvgIpc) is 2.36. The van der Waals surface area contributed by atoms with Crippen molar-refractivity contribution in [1.82, 2.24) is 4.72 Å². The predicted molar refractivity (Wildman–Crippen MR) is 71.2 cm³/mol. The molecule has 1 rings (SSSR count). The monoisotopic (exact) mass is 313 g/mol. The summed E-state index contributed by atoms with van der Waals surface area (Å²) in [5.74, 6) is -0.528. The normalized spacial score (nSPS) is 12.7. The maximum atomic E-state index is 13.0. The van der Waals surface area contributed by atoms with E-state index in [0.29, 0.717) is 6.42 Å². The van der Waals surface area contributed by atoms with Gasteiger partial charge in [0.25, 0.3) is 0 Å². The van der Waals surface area contributed by atoms with Crippen LogP contribution in [0.25, 0.3) is 0 Å². The summed E-state index contributed by atoms with van der Waals surface area (Å²) in [6, 6.07) is 4.77. The second-order valence-electron chi connectivity index (χ2n) is 3.96. The van der Waals surface area contributed by atoms with E-state index in [1.807, 2.05) is 0 Å². The molecule has 0 bridgehead atoms. The molecule has 0 aliphatic heterocycles. The second kappa shape index (κ2) is 6.19. The van der Waals surface area contributed by atoms with E-state index < -0.39 is 21.4 Å². The lowest BCUT2D eigenvalue weighted by Gasteiger charge is -2.29. The van der Waals surface area contributed by atoms with Crippen LogP contribution in [0.2, 0.25) is 0 Å². The van der Waals surface area contributed by atoms with Crippen LogP contribution in [0, 0.1) is 5.82 Å². The van der Waals surface area contributed by atoms with Gasteiger partial charge in [0.2, 0.25) is 10.0 Å². The number of halogens is 3. The highest BCUT2D eigenvalue weighted by Gasteiger charge is 2.32. The lowest BCUT2D eigenvalue weighted by atomic mass is 10.0. The van der Waals surface area contributed by atoms with Crippen LogP contribution in [0.4, 0.5) is 4.39 Å². The zero-order valence-electron chi connectivity index (χ0n) is 9.79. The molecule has 7 heteroatoms. The number of rotatable bonds is 6. The van der Waals surface area contributed by atoms with Crippen LogP contribution in [0.1, 0.15) is 13.3 Å². The first-order valence-corrected chi connectivity index (χ1v) is 7.86. The summed E-state index contributed by atoms with van der Waals surface area (Å²) in [7, 11) is -3.84. The van der Waals surface area contributed by atoms with Crippen molar-refractivity contribution < 1.29 is 12.8 Å². The molecule has 1 aromatic carbocycles. The Labute approximate surface area is 116 Å². The first-order valence-electron chi connectivity index (χ1n) is 5.30. The van der Waals surface area contributed by atoms with Gasteiger partial charge in [-0.15, -0.1) is 23.2 Å². The molecule has 0 amide bonds. The van der Waals surface area contributed by atoms with Crippen LogP contribution in [-0.2, 0) is 10.0 Å². The van der Waals surface area contributed by atoms with Crippen LogP contribution in [0.3, 0.4) is 0 Å². The van der Waals surface area contributed by atoms with Gasteiger partial charge in [0.1, 0.15) is 5.82 Å². The molecule has 18 heavy (non-hydrogen) atoms. The highest BCUT2D eigenvalue weighted by Crippen LogP contribution is 2.20. The Hall–Kier alpha value is -0.360. The number of benzene rings is 1. The fraction of sp³-hybridized carbons (Fsp3) is 0.455. The molecule has 0 aliphatic carbocycles. The van der Waals surface area contributed by atoms with Crippen LogP contribution in [0.5, 0.6) is 0 Å². The van der Waals surface area contributed by atoms with E-state index in [9.17, 15) is 12.8 Å². The molecule has 102 valence electrons. The topological polar surface area (TPSA) is 46.2 Å². The quantitative estimate of drug-likeness (QED) is 0.821. The molecule has 0 heterocycles. The minimum Gasteiger partial charge on any atom is -0.207 e. The Morgan fingerprint density at radius 1 is 1.33 bits per heavy atom. The zero-order valence-corrected chi connectivity index (χ0v) is 12.1. The molecular formula is C11H14Cl2FNO2S. The third-order valence-corrected chi connectivity index (χ3v) is 5.25. The SMILES string of the molecule is CCC(CCl)(CCl)NS(=O)(=O)c1cccc(F)c1. The molecular weight excluding hydrogens is 300 g/mol. The van der Waals surface area contributed by atoms with Gasteiger partial charge in [-0.3, -0.25) is 0 Å². The van der Waals surface area contributed by atoms with Crippen molar-refractivity contribution >= 4 is 33.2 Å². The fourth-order valence-electron chi connectivity index (χ4n) is 1.33. The van der Waals surface area contributed by atoms with E-state index in [2.05, 4.69) is 4.72 Å². The van der Waals surface area contributed by atoms with E-state index in [1.165, 1.54) is 18.2 Å². The molecule has 3 nitrogen and oxygen atoms in total. The van der Waals surface area contributed by atoms with Crippen LogP contribution >= 0.6 is 23.2 Å². The fourth-order valence-corrected chi connectivity index (χ4v) is 3.79. The Balaban J connectivity index is 3.08. The molecule has 1 aromatic rings. The molecule has 0 radical (unpaired) electrons. The zero-order chi connectivity index (χ0) is 13.8. The number of alkyl halides is 2. The Morgan fingerprint density at radius 2 is 1.94 bits per heavy atom. The lowest BCUT2D eigenvalue weighted by Crippen LogP contribution is -2.51. The first kappa shape index (κ1) is 15.7. The van der Waals surface area contributed by atoms with Gasteiger partial charge in [-0.05, 0) is 24.6 Å². The minimum atomic E-state index is -3.84. The number of sulfonamides is 1. The van der Waals surface area contributed by atoms with Crippen molar-refractivity contribution in [3.8, 4) is 0 Å². The van der Waals surface area contributed by atoms with Crippen molar-refractivity contribution in [2.75, 3.05) is 11.8 Å². The predicted octanol–water partition coefficient (Wildman–Crippen LogP) is 2.73. The summed E-state index contributed by atoms with van der Waals surface area (Å²) >= 11 is 11.5. The van der Waals surface area contributed by atoms with Gasteiger partial charge in [-0.2, -0.15) is 0 Å². The van der Waals surface area contributed by atoms with E-state index in [4.69, 9.17) is 23.2 Å². The number of nitrogens with one attached hydrogen (secondary N) is 1. The van der Waals surface area contributed by atoms with Gasteiger partial charge < -0.3 is 0 Å². The summed E-state index contributed by atoms with van der Waals surface area (Å²) in [5.41, 5.74) is -0.922. The Bertz CT molecular complexity index is 495. The number of hydrogen-bond acceptors (Lipinski definition) is 2. The first-order chi connectivity index (χ1) is 8.39. The summed E-state index contributed by atoms with van der Waals surface area (Å²) in [5, 5.41) is 0. The lowest BCUT2D eigenvalue weighted by molar-refractivity contribution is 0.449. The van der Waals surface area contributed by atoms with E-state index in [0.717, 1.165) is 6.07 Å². The maximum Gasteiger partial charge on any atom is 0.241 e. The molecule has 0 unspecified atom stereocenters. The van der Waals surface area contributed by atoms with Crippen molar-refractivity contribution in [2.45, 2.75) is 23.8 Å². The summed E-state index contributed by atoms with van der Waals surface area (Å²) in [6.07, 6.45) is 0.439. The molecule has 0 atom stereocenters. The van der Waals surface area contributed by atoms with Gasteiger partial charge in [0, 0.05) is 11.8 Å². The molecule has 0 spiro atoms. The van der Waals surface area contributed by atoms with Crippen LogP contribution < -0.4 is 4.72 Å². The van der Waals surface area contributed by atoms with Gasteiger partial charge >= 0.3 is 0 Å². The maximum absolute atomic E-state index is 13.0. The van der Waals surface area contributed by atoms with Gasteiger partial charge in [0.05, 0.1) is 10.4 Å². The van der Waals surface area contributed by atoms with Crippen LogP contribution in [0.15, 0.2) is 29.2 Å². The van der Waals surface area contributed by atoms with Crippen molar-refractivity contribution in [1.29, 1.82) is 0 Å². The third kappa shape index (κ3) is 3.57. The smallest absolute Gasteiger partial charge is 0.207 e. The Kier molecular flexibility index (Phi) is 5.40. The standard InChI is InChI=1S/C11H14Cl2FNO2S/c1-2-11(7-12,8-13)15-18(16,17)10-5-3-4-9(14)6-10/h3-6,15H,2,7-8H2,1H3. The van der Waals surface area contributed by atoms with Crippen molar-refractivity contribution in [3.63, 3.8) is 0 Å². The van der Waals surface area contributed by atoms with Gasteiger partial charge in [-0.1, -0.05) is 13.0 Å². The largest absolute Gasteiger partial charge is 0.241 e. The minimum absolute atomic E-state index is 0.0432. The highest BCUT2D eigenvalue weighted by molar-refractivity contribution is 7.89. The third-order valence-electron chi connectivity index (χ3n) is 2.65. The average molecular weight is 314 g/mol. The number of hydrogen-bond donors (Lipinski definition) is 1. The molecule has 0 saturated carbocycles. The summed E-state index contributed by atoms with van der Waals surface area (Å²) < 4.78 is 39.6. The molecule has 0 saturated heterocycles. The second-order valence-corrected chi connectivity index (χ2v) is 6.18. The van der Waals surface area contributed by atoms with E-state index >= 15 is 0 Å². The van der Waals surface area contributed by atoms with E-state index in [1.54, 1.807) is 6.92 Å². The molecule has 1 N–H and O–H groups in total. The summed E-state index contributed by atoms with van der Waals surface area (Å²) in [6.45, 7) is 1.78. The van der Waals surface area contributed by atoms with E-state index in [-0.39, 0.29) is 16.7 Å². The van der Waals surface area contributed by atoms with Crippen molar-refractivity contribution in [2.24, 2.45) is 0 Å².